The molecule has 2 N–H and O–H groups in total. The largest absolute Gasteiger partial charge is 0.495 e. The van der Waals surface area contributed by atoms with Crippen molar-refractivity contribution in [3.63, 3.8) is 0 Å². The fourth-order valence-electron chi connectivity index (χ4n) is 4.24. The van der Waals surface area contributed by atoms with E-state index in [0.29, 0.717) is 17.3 Å². The van der Waals surface area contributed by atoms with E-state index in [4.69, 9.17) is 9.73 Å². The van der Waals surface area contributed by atoms with Crippen molar-refractivity contribution in [3.05, 3.63) is 87.3 Å². The molecule has 35 heavy (non-hydrogen) atoms. The third-order valence-corrected chi connectivity index (χ3v) is 7.27. The summed E-state index contributed by atoms with van der Waals surface area (Å²) in [4.78, 5) is 19.4. The first-order chi connectivity index (χ1) is 16.9. The molecule has 1 unspecified atom stereocenters. The van der Waals surface area contributed by atoms with E-state index in [9.17, 15) is 4.79 Å². The van der Waals surface area contributed by atoms with Crippen molar-refractivity contribution in [2.75, 3.05) is 12.4 Å². The summed E-state index contributed by atoms with van der Waals surface area (Å²) in [7, 11) is 1.57. The predicted molar refractivity (Wildman–Crippen MR) is 138 cm³/mol. The number of ether oxygens (including phenoxy) is 1. The van der Waals surface area contributed by atoms with Gasteiger partial charge in [0, 0.05) is 16.0 Å². The van der Waals surface area contributed by atoms with E-state index in [1.807, 2.05) is 35.8 Å². The Labute approximate surface area is 207 Å². The summed E-state index contributed by atoms with van der Waals surface area (Å²) in [5.41, 5.74) is 5.69. The maximum Gasteiger partial charge on any atom is 0.321 e. The molecule has 2 amide bonds. The summed E-state index contributed by atoms with van der Waals surface area (Å²) in [6, 6.07) is 15.1. The van der Waals surface area contributed by atoms with Crippen LogP contribution in [0.1, 0.15) is 44.9 Å². The minimum absolute atomic E-state index is 0.419. The van der Waals surface area contributed by atoms with Gasteiger partial charge >= 0.3 is 6.03 Å². The van der Waals surface area contributed by atoms with Gasteiger partial charge in [-0.1, -0.05) is 35.9 Å². The number of hydrogen-bond acceptors (Lipinski definition) is 6. The Bertz CT molecular complexity index is 1470. The molecule has 0 aliphatic carbocycles. The molecule has 0 bridgehead atoms. The second-order valence-electron chi connectivity index (χ2n) is 8.45. The summed E-state index contributed by atoms with van der Waals surface area (Å²) >= 11 is 1.68. The molecule has 0 spiro atoms. The summed E-state index contributed by atoms with van der Waals surface area (Å²) < 4.78 is 7.36. The molecule has 5 rings (SSSR count). The first-order valence-corrected chi connectivity index (χ1v) is 12.1. The van der Waals surface area contributed by atoms with Crippen LogP contribution in [0.25, 0.3) is 5.00 Å². The van der Waals surface area contributed by atoms with E-state index in [2.05, 4.69) is 53.7 Å². The minimum Gasteiger partial charge on any atom is -0.495 e. The molecule has 0 fully saturated rings. The van der Waals surface area contributed by atoms with Crippen molar-refractivity contribution in [1.29, 1.82) is 0 Å². The number of benzene rings is 2. The number of anilines is 1. The lowest BCUT2D eigenvalue weighted by Gasteiger charge is -2.16. The molecule has 0 radical (unpaired) electrons. The number of methoxy groups -OCH3 is 1. The molecular formula is C26H26N6O2S. The Morgan fingerprint density at radius 1 is 1.06 bits per heavy atom. The van der Waals surface area contributed by atoms with Gasteiger partial charge in [-0.25, -0.2) is 4.79 Å². The van der Waals surface area contributed by atoms with E-state index in [1.54, 1.807) is 30.6 Å². The number of urea groups is 1. The maximum atomic E-state index is 13.1. The SMILES string of the molecule is COc1ccccc1NC(=O)NC1N=C(c2cccc(C)c2)c2c(sc(C)c2C)-n2c(C)nnc21. The molecule has 4 aromatic rings. The predicted octanol–water partition coefficient (Wildman–Crippen LogP) is 5.24. The summed E-state index contributed by atoms with van der Waals surface area (Å²) in [5.74, 6) is 1.86. The van der Waals surface area contributed by atoms with Gasteiger partial charge in [-0.15, -0.1) is 21.5 Å². The lowest BCUT2D eigenvalue weighted by molar-refractivity contribution is 0.248. The molecule has 2 aromatic heterocycles. The lowest BCUT2D eigenvalue weighted by atomic mass is 9.98. The number of thiophene rings is 1. The Hall–Kier alpha value is -3.98. The Kier molecular flexibility index (Phi) is 5.86. The fourth-order valence-corrected chi connectivity index (χ4v) is 5.46. The van der Waals surface area contributed by atoms with Gasteiger partial charge in [-0.2, -0.15) is 0 Å². The summed E-state index contributed by atoms with van der Waals surface area (Å²) in [5, 5.41) is 15.6. The van der Waals surface area contributed by atoms with Gasteiger partial charge in [0.25, 0.3) is 0 Å². The third kappa shape index (κ3) is 4.08. The van der Waals surface area contributed by atoms with Crippen LogP contribution >= 0.6 is 11.3 Å². The number of fused-ring (bicyclic) bond motifs is 3. The highest BCUT2D eigenvalue weighted by atomic mass is 32.1. The third-order valence-electron chi connectivity index (χ3n) is 6.07. The number of hydrogen-bond donors (Lipinski definition) is 2. The van der Waals surface area contributed by atoms with Crippen molar-refractivity contribution >= 4 is 28.8 Å². The Morgan fingerprint density at radius 2 is 1.86 bits per heavy atom. The first kappa shape index (κ1) is 22.8. The van der Waals surface area contributed by atoms with Crippen molar-refractivity contribution in [2.24, 2.45) is 4.99 Å². The minimum atomic E-state index is -0.749. The van der Waals surface area contributed by atoms with Gasteiger partial charge in [0.1, 0.15) is 16.6 Å². The second-order valence-corrected chi connectivity index (χ2v) is 9.66. The number of aryl methyl sites for hydroxylation is 3. The first-order valence-electron chi connectivity index (χ1n) is 11.3. The number of nitrogens with one attached hydrogen (secondary N) is 2. The smallest absolute Gasteiger partial charge is 0.321 e. The van der Waals surface area contributed by atoms with Gasteiger partial charge in [-0.05, 0) is 51.5 Å². The van der Waals surface area contributed by atoms with Gasteiger partial charge in [0.2, 0.25) is 0 Å². The highest BCUT2D eigenvalue weighted by Gasteiger charge is 2.32. The molecular weight excluding hydrogens is 460 g/mol. The van der Waals surface area contributed by atoms with Crippen LogP contribution < -0.4 is 15.4 Å². The molecule has 0 saturated carbocycles. The quantitative estimate of drug-likeness (QED) is 0.412. The molecule has 1 atom stereocenters. The average molecular weight is 487 g/mol. The number of aliphatic imine (C=N–C) groups is 1. The number of amides is 2. The van der Waals surface area contributed by atoms with Crippen LogP contribution in [-0.4, -0.2) is 33.6 Å². The van der Waals surface area contributed by atoms with Crippen molar-refractivity contribution < 1.29 is 9.53 Å². The second kappa shape index (κ2) is 8.99. The standard InChI is InChI=1S/C26H26N6O2S/c1-14-9-8-10-18(13-14)22-21-15(2)16(3)35-25(21)32-17(4)30-31-24(32)23(28-22)29-26(33)27-19-11-6-7-12-20(19)34-5/h6-13,23H,1-5H3,(H2,27,29,33). The zero-order valence-electron chi connectivity index (χ0n) is 20.2. The van der Waals surface area contributed by atoms with Crippen molar-refractivity contribution in [2.45, 2.75) is 33.9 Å². The van der Waals surface area contributed by atoms with Crippen LogP contribution in [0.3, 0.4) is 0 Å². The highest BCUT2D eigenvalue weighted by Crippen LogP contribution is 2.38. The Balaban J connectivity index is 1.62. The van der Waals surface area contributed by atoms with Crippen molar-refractivity contribution in [1.82, 2.24) is 20.1 Å². The molecule has 178 valence electrons. The van der Waals surface area contributed by atoms with Crippen LogP contribution in [0.5, 0.6) is 5.75 Å². The highest BCUT2D eigenvalue weighted by molar-refractivity contribution is 7.15. The number of para-hydroxylation sites is 2. The molecule has 1 aliphatic rings. The van der Waals surface area contributed by atoms with Crippen LogP contribution in [0.15, 0.2) is 53.5 Å². The van der Waals surface area contributed by atoms with E-state index >= 15 is 0 Å². The number of rotatable bonds is 4. The lowest BCUT2D eigenvalue weighted by Crippen LogP contribution is -2.33. The maximum absolute atomic E-state index is 13.1. The summed E-state index contributed by atoms with van der Waals surface area (Å²) in [6.45, 7) is 8.19. The number of nitrogens with zero attached hydrogens (tertiary/aromatic N) is 4. The monoisotopic (exact) mass is 486 g/mol. The van der Waals surface area contributed by atoms with Gasteiger partial charge in [-0.3, -0.25) is 9.56 Å². The number of aromatic nitrogens is 3. The van der Waals surface area contributed by atoms with Crippen molar-refractivity contribution in [3.8, 4) is 10.8 Å². The van der Waals surface area contributed by atoms with E-state index in [1.165, 1.54) is 4.88 Å². The van der Waals surface area contributed by atoms with Crippen LogP contribution in [0, 0.1) is 27.7 Å². The van der Waals surface area contributed by atoms with E-state index in [-0.39, 0.29) is 0 Å². The van der Waals surface area contributed by atoms with Crippen LogP contribution in [-0.2, 0) is 0 Å². The molecule has 9 heteroatoms. The van der Waals surface area contributed by atoms with Crippen LogP contribution in [0.4, 0.5) is 10.5 Å². The number of carbonyl (C=O) groups excluding carboxylic acids is 1. The molecule has 3 heterocycles. The fraction of sp³-hybridized carbons (Fsp3) is 0.231. The average Bonchev–Trinajstić information content (AvgIpc) is 3.31. The zero-order chi connectivity index (χ0) is 24.7. The Morgan fingerprint density at radius 3 is 2.63 bits per heavy atom. The normalized spacial score (nSPS) is 14.4. The summed E-state index contributed by atoms with van der Waals surface area (Å²) in [6.07, 6.45) is -0.749. The molecule has 1 aliphatic heterocycles. The topological polar surface area (TPSA) is 93.4 Å². The number of carbonyl (C=O) groups is 1. The zero-order valence-corrected chi connectivity index (χ0v) is 21.0. The van der Waals surface area contributed by atoms with E-state index in [0.717, 1.165) is 38.8 Å². The van der Waals surface area contributed by atoms with Crippen LogP contribution in [0.2, 0.25) is 0 Å². The molecule has 2 aromatic carbocycles. The van der Waals surface area contributed by atoms with Gasteiger partial charge in [0.15, 0.2) is 12.0 Å². The molecule has 0 saturated heterocycles. The van der Waals surface area contributed by atoms with Gasteiger partial charge in [0.05, 0.1) is 18.5 Å². The molecule has 8 nitrogen and oxygen atoms in total. The van der Waals surface area contributed by atoms with Gasteiger partial charge < -0.3 is 15.4 Å². The van der Waals surface area contributed by atoms with E-state index < -0.39 is 12.2 Å².